The van der Waals surface area contributed by atoms with Crippen LogP contribution in [0.15, 0.2) is 212 Å². The van der Waals surface area contributed by atoms with Gasteiger partial charge in [-0.1, -0.05) is 200 Å². The van der Waals surface area contributed by atoms with Gasteiger partial charge in [0.1, 0.15) is 0 Å². The molecule has 1 heterocycles. The summed E-state index contributed by atoms with van der Waals surface area (Å²) in [6.07, 6.45) is 0. The number of rotatable bonds is 8. The Morgan fingerprint density at radius 2 is 0.638 bits per heavy atom. The number of hydrogen-bond acceptors (Lipinski definition) is 3. The van der Waals surface area contributed by atoms with E-state index in [9.17, 15) is 0 Å². The summed E-state index contributed by atoms with van der Waals surface area (Å²) in [6, 6.07) is 69.7. The number of fused-ring (bicyclic) bond motifs is 3. The predicted molar refractivity (Wildman–Crippen MR) is 228 cm³/mol. The zero-order chi connectivity index (χ0) is 39.1. The average Bonchev–Trinajstić information content (AvgIpc) is 3.53. The van der Waals surface area contributed by atoms with E-state index in [4.69, 9.17) is 15.0 Å². The summed E-state index contributed by atoms with van der Waals surface area (Å²) in [4.78, 5) is 14.3. The minimum Gasteiger partial charge on any atom is -0.208 e. The number of benzene rings is 8. The van der Waals surface area contributed by atoms with Gasteiger partial charge in [-0.25, -0.2) is 15.0 Å². The van der Waals surface area contributed by atoms with Crippen molar-refractivity contribution < 1.29 is 8.78 Å². The average molecular weight is 752 g/mol. The number of nitrogens with zero attached hydrogens (tertiary/aromatic N) is 3. The first-order valence-electron chi connectivity index (χ1n) is 19.3. The number of aromatic nitrogens is 3. The van der Waals surface area contributed by atoms with Crippen LogP contribution in [0, 0.1) is 0 Å². The molecule has 3 nitrogen and oxygen atoms in total. The second-order valence-corrected chi connectivity index (χ2v) is 14.6. The van der Waals surface area contributed by atoms with Crippen LogP contribution < -0.4 is 0 Å². The van der Waals surface area contributed by atoms with Crippen LogP contribution in [0.4, 0.5) is 8.78 Å². The molecule has 0 unspecified atom stereocenters. The molecule has 0 bridgehead atoms. The van der Waals surface area contributed by atoms with Crippen LogP contribution in [0.3, 0.4) is 0 Å². The smallest absolute Gasteiger partial charge is 0.208 e. The molecule has 0 atom stereocenters. The van der Waals surface area contributed by atoms with Gasteiger partial charge in [-0.2, -0.15) is 8.78 Å². The Balaban J connectivity index is 1.03. The number of alkyl halides is 2. The van der Waals surface area contributed by atoms with Gasteiger partial charge in [-0.3, -0.25) is 0 Å². The van der Waals surface area contributed by atoms with Gasteiger partial charge in [0, 0.05) is 27.8 Å². The molecule has 0 saturated carbocycles. The Labute approximate surface area is 336 Å². The maximum atomic E-state index is 16.7. The van der Waals surface area contributed by atoms with Crippen molar-refractivity contribution >= 4 is 0 Å². The molecule has 0 amide bonds. The van der Waals surface area contributed by atoms with Gasteiger partial charge < -0.3 is 0 Å². The quantitative estimate of drug-likeness (QED) is 0.145. The predicted octanol–water partition coefficient (Wildman–Crippen LogP) is 13.0. The van der Waals surface area contributed by atoms with Crippen molar-refractivity contribution in [1.29, 1.82) is 0 Å². The Morgan fingerprint density at radius 1 is 0.310 bits per heavy atom. The van der Waals surface area contributed by atoms with Crippen molar-refractivity contribution in [1.82, 2.24) is 15.0 Å². The largest absolute Gasteiger partial charge is 0.299 e. The van der Waals surface area contributed by atoms with Gasteiger partial charge >= 0.3 is 0 Å². The van der Waals surface area contributed by atoms with Crippen LogP contribution in [0.2, 0.25) is 0 Å². The lowest BCUT2D eigenvalue weighted by Crippen LogP contribution is -2.30. The van der Waals surface area contributed by atoms with Crippen molar-refractivity contribution in [3.8, 4) is 56.4 Å². The van der Waals surface area contributed by atoms with Crippen LogP contribution >= 0.6 is 0 Å². The fourth-order valence-corrected chi connectivity index (χ4v) is 8.46. The molecule has 1 aromatic heterocycles. The SMILES string of the molecule is FC1(F)c2cc(-c3ccc(C(c4ccccc4)(c4ccccc4)c4ccccc4)cc3)ccc2-c2ccc(-c3nc(-c4ccccc4)nc(-c4ccccc4)n3)cc21. The molecule has 0 fully saturated rings. The third-order valence-corrected chi connectivity index (χ3v) is 11.2. The van der Waals surface area contributed by atoms with E-state index >= 15 is 8.78 Å². The summed E-state index contributed by atoms with van der Waals surface area (Å²) in [5.41, 5.74) is 8.54. The van der Waals surface area contributed by atoms with E-state index in [2.05, 4.69) is 84.9 Å². The van der Waals surface area contributed by atoms with E-state index in [1.165, 1.54) is 0 Å². The Morgan fingerprint density at radius 3 is 1.07 bits per heavy atom. The van der Waals surface area contributed by atoms with E-state index in [1.54, 1.807) is 18.2 Å². The van der Waals surface area contributed by atoms with Crippen LogP contribution in [0.5, 0.6) is 0 Å². The van der Waals surface area contributed by atoms with Crippen molar-refractivity contribution in [3.05, 3.63) is 246 Å². The second kappa shape index (κ2) is 14.3. The first kappa shape index (κ1) is 35.1. The first-order valence-corrected chi connectivity index (χ1v) is 19.3. The molecule has 0 aliphatic heterocycles. The van der Waals surface area contributed by atoms with Gasteiger partial charge in [0.05, 0.1) is 5.41 Å². The molecule has 0 N–H and O–H groups in total. The highest BCUT2D eigenvalue weighted by molar-refractivity contribution is 5.84. The summed E-state index contributed by atoms with van der Waals surface area (Å²) in [7, 11) is 0. The lowest BCUT2D eigenvalue weighted by Gasteiger charge is -2.37. The molecule has 8 aromatic carbocycles. The summed E-state index contributed by atoms with van der Waals surface area (Å²) < 4.78 is 33.5. The van der Waals surface area contributed by atoms with Crippen molar-refractivity contribution in [3.63, 3.8) is 0 Å². The van der Waals surface area contributed by atoms with Gasteiger partial charge in [0.15, 0.2) is 17.5 Å². The molecule has 5 heteroatoms. The van der Waals surface area contributed by atoms with E-state index in [0.29, 0.717) is 34.2 Å². The molecule has 10 rings (SSSR count). The maximum Gasteiger partial charge on any atom is 0.299 e. The van der Waals surface area contributed by atoms with Crippen LogP contribution in [0.1, 0.15) is 33.4 Å². The van der Waals surface area contributed by atoms with Crippen molar-refractivity contribution in [2.24, 2.45) is 0 Å². The lowest BCUT2D eigenvalue weighted by molar-refractivity contribution is 0.0481. The minimum atomic E-state index is -3.24. The lowest BCUT2D eigenvalue weighted by atomic mass is 9.65. The highest BCUT2D eigenvalue weighted by Gasteiger charge is 2.45. The van der Waals surface area contributed by atoms with E-state index < -0.39 is 11.3 Å². The van der Waals surface area contributed by atoms with Crippen LogP contribution in [-0.4, -0.2) is 15.0 Å². The summed E-state index contributed by atoms with van der Waals surface area (Å²) in [6.45, 7) is 0. The summed E-state index contributed by atoms with van der Waals surface area (Å²) in [5.74, 6) is -1.95. The fourth-order valence-electron chi connectivity index (χ4n) is 8.46. The molecule has 0 radical (unpaired) electrons. The highest BCUT2D eigenvalue weighted by atomic mass is 19.3. The molecule has 0 spiro atoms. The monoisotopic (exact) mass is 751 g/mol. The molecule has 9 aromatic rings. The van der Waals surface area contributed by atoms with Crippen LogP contribution in [-0.2, 0) is 11.3 Å². The highest BCUT2D eigenvalue weighted by Crippen LogP contribution is 2.53. The van der Waals surface area contributed by atoms with E-state index in [-0.39, 0.29) is 11.1 Å². The van der Waals surface area contributed by atoms with Crippen molar-refractivity contribution in [2.45, 2.75) is 11.3 Å². The van der Waals surface area contributed by atoms with Gasteiger partial charge in [0.25, 0.3) is 5.92 Å². The molecular formula is C53H35F2N3. The summed E-state index contributed by atoms with van der Waals surface area (Å²) in [5, 5.41) is 0. The third kappa shape index (κ3) is 5.91. The standard InChI is InChI=1S/C53H35F2N3/c54-53(55)47-34-39(36-26-30-44(31-27-36)52(41-20-10-3-11-21-41,42-22-12-4-13-23-42)43-24-14-5-15-25-43)28-32-45(47)46-33-29-40(35-48(46)53)51-57-49(37-16-6-1-7-17-37)56-50(58-51)38-18-8-2-9-19-38/h1-35H. The third-order valence-electron chi connectivity index (χ3n) is 11.2. The Hall–Kier alpha value is -7.37. The maximum absolute atomic E-state index is 16.7. The number of halogens is 2. The number of hydrogen-bond donors (Lipinski definition) is 0. The van der Waals surface area contributed by atoms with E-state index in [0.717, 1.165) is 44.5 Å². The Bertz CT molecular complexity index is 2730. The zero-order valence-electron chi connectivity index (χ0n) is 31.3. The normalized spacial score (nSPS) is 12.8. The second-order valence-electron chi connectivity index (χ2n) is 14.6. The summed E-state index contributed by atoms with van der Waals surface area (Å²) >= 11 is 0. The van der Waals surface area contributed by atoms with E-state index in [1.807, 2.05) is 109 Å². The fraction of sp³-hybridized carbons (Fsp3) is 0.0377. The first-order chi connectivity index (χ1) is 28.5. The van der Waals surface area contributed by atoms with Crippen molar-refractivity contribution in [2.75, 3.05) is 0 Å². The minimum absolute atomic E-state index is 0.0148. The van der Waals surface area contributed by atoms with Gasteiger partial charge in [-0.15, -0.1) is 0 Å². The Kier molecular flexibility index (Phi) is 8.64. The molecule has 58 heavy (non-hydrogen) atoms. The molecular weight excluding hydrogens is 717 g/mol. The molecule has 276 valence electrons. The van der Waals surface area contributed by atoms with Gasteiger partial charge in [0.2, 0.25) is 0 Å². The molecule has 1 aliphatic carbocycles. The molecule has 1 aliphatic rings. The topological polar surface area (TPSA) is 38.7 Å². The zero-order valence-corrected chi connectivity index (χ0v) is 31.3. The molecule has 0 saturated heterocycles. The van der Waals surface area contributed by atoms with Gasteiger partial charge in [-0.05, 0) is 56.6 Å². The van der Waals surface area contributed by atoms with Crippen LogP contribution in [0.25, 0.3) is 56.4 Å².